The second-order valence-electron chi connectivity index (χ2n) is 4.08. The van der Waals surface area contributed by atoms with Crippen LogP contribution >= 0.6 is 0 Å². The highest BCUT2D eigenvalue weighted by Crippen LogP contribution is 2.15. The third-order valence-corrected chi connectivity index (χ3v) is 2.57. The quantitative estimate of drug-likeness (QED) is 0.609. The molecule has 0 saturated heterocycles. The van der Waals surface area contributed by atoms with Crippen LogP contribution in [0.25, 0.3) is 0 Å². The van der Waals surface area contributed by atoms with Crippen molar-refractivity contribution >= 4 is 11.6 Å². The van der Waals surface area contributed by atoms with E-state index in [4.69, 9.17) is 5.11 Å². The van der Waals surface area contributed by atoms with Gasteiger partial charge < -0.3 is 15.5 Å². The number of aliphatic hydroxyl groups excluding tert-OH is 1. The molecule has 4 N–H and O–H groups in total. The zero-order valence-corrected chi connectivity index (χ0v) is 10.9. The molecule has 0 aliphatic heterocycles. The molecule has 0 fully saturated rings. The van der Waals surface area contributed by atoms with Gasteiger partial charge >= 0.3 is 0 Å². The summed E-state index contributed by atoms with van der Waals surface area (Å²) in [4.78, 5) is 25.4. The monoisotopic (exact) mass is 284 g/mol. The zero-order valence-electron chi connectivity index (χ0n) is 10.9. The average Bonchev–Trinajstić information content (AvgIpc) is 2.45. The number of nitrogens with one attached hydrogen (secondary N) is 2. The van der Waals surface area contributed by atoms with Crippen LogP contribution in [0.2, 0.25) is 0 Å². The first-order valence-corrected chi connectivity index (χ1v) is 6.03. The number of aliphatic hydroxyl groups is 1. The molecule has 1 aromatic heterocycles. The number of rotatable bonds is 2. The summed E-state index contributed by atoms with van der Waals surface area (Å²) in [5.41, 5.74) is 0.437. The number of aromatic nitrogens is 1. The molecule has 1 aromatic carbocycles. The van der Waals surface area contributed by atoms with E-state index in [0.717, 1.165) is 12.1 Å². The highest BCUT2D eigenvalue weighted by molar-refractivity contribution is 6.05. The Hall–Kier alpha value is -3.04. The summed E-state index contributed by atoms with van der Waals surface area (Å²) >= 11 is 0. The number of anilines is 1. The minimum Gasteiger partial charge on any atom is -0.494 e. The smallest absolute Gasteiger partial charge is 0.256 e. The topological polar surface area (TPSA) is 102 Å². The van der Waals surface area contributed by atoms with Gasteiger partial charge in [-0.1, -0.05) is 24.0 Å². The molecule has 2 aromatic rings. The van der Waals surface area contributed by atoms with Crippen LogP contribution in [0.5, 0.6) is 5.88 Å². The van der Waals surface area contributed by atoms with Crippen molar-refractivity contribution in [3.63, 3.8) is 0 Å². The number of carbonyl (C=O) groups excluding carboxylic acids is 1. The number of para-hydroxylation sites is 1. The van der Waals surface area contributed by atoms with Gasteiger partial charge in [-0.15, -0.1) is 0 Å². The molecule has 2 rings (SSSR count). The lowest BCUT2D eigenvalue weighted by atomic mass is 10.1. The van der Waals surface area contributed by atoms with Crippen LogP contribution in [0.4, 0.5) is 5.69 Å². The fourth-order valence-corrected chi connectivity index (χ4v) is 1.69. The Labute approximate surface area is 120 Å². The predicted octanol–water partition coefficient (Wildman–Crippen LogP) is 0.677. The van der Waals surface area contributed by atoms with E-state index in [0.29, 0.717) is 11.3 Å². The number of carbonyl (C=O) groups is 1. The lowest BCUT2D eigenvalue weighted by Crippen LogP contribution is -2.16. The first-order valence-electron chi connectivity index (χ1n) is 6.03. The maximum Gasteiger partial charge on any atom is 0.256 e. The molecule has 0 unspecified atom stereocenters. The summed E-state index contributed by atoms with van der Waals surface area (Å²) in [6, 6.07) is 9.03. The van der Waals surface area contributed by atoms with Crippen molar-refractivity contribution in [2.24, 2.45) is 0 Å². The van der Waals surface area contributed by atoms with Gasteiger partial charge in [0.05, 0.1) is 11.3 Å². The summed E-state index contributed by atoms with van der Waals surface area (Å²) in [5.74, 6) is 4.27. The van der Waals surface area contributed by atoms with Crippen molar-refractivity contribution in [2.75, 3.05) is 11.9 Å². The minimum absolute atomic E-state index is 0.0289. The van der Waals surface area contributed by atoms with Crippen LogP contribution in [0.1, 0.15) is 15.9 Å². The Kier molecular flexibility index (Phi) is 4.39. The third kappa shape index (κ3) is 3.72. The van der Waals surface area contributed by atoms with Gasteiger partial charge in [0.25, 0.3) is 11.5 Å². The van der Waals surface area contributed by atoms with Gasteiger partial charge in [0.15, 0.2) is 5.88 Å². The second kappa shape index (κ2) is 6.41. The van der Waals surface area contributed by atoms with Crippen LogP contribution < -0.4 is 10.9 Å². The Bertz CT molecular complexity index is 784. The van der Waals surface area contributed by atoms with Crippen LogP contribution in [0, 0.1) is 11.8 Å². The summed E-state index contributed by atoms with van der Waals surface area (Å²) in [7, 11) is 0. The van der Waals surface area contributed by atoms with E-state index in [1.54, 1.807) is 24.3 Å². The van der Waals surface area contributed by atoms with Gasteiger partial charge in [0.1, 0.15) is 6.61 Å². The van der Waals surface area contributed by atoms with Gasteiger partial charge in [0, 0.05) is 17.7 Å². The Morgan fingerprint density at radius 2 is 2.05 bits per heavy atom. The van der Waals surface area contributed by atoms with Crippen molar-refractivity contribution < 1.29 is 15.0 Å². The van der Waals surface area contributed by atoms with E-state index in [9.17, 15) is 14.7 Å². The number of aromatic amines is 1. The van der Waals surface area contributed by atoms with E-state index in [-0.39, 0.29) is 18.1 Å². The molecule has 0 aliphatic rings. The first-order chi connectivity index (χ1) is 10.1. The van der Waals surface area contributed by atoms with Crippen molar-refractivity contribution in [1.82, 2.24) is 4.98 Å². The summed E-state index contributed by atoms with van der Waals surface area (Å²) in [6.07, 6.45) is 0. The van der Waals surface area contributed by atoms with Gasteiger partial charge in [-0.3, -0.25) is 14.6 Å². The Balaban J connectivity index is 2.29. The lowest BCUT2D eigenvalue weighted by Gasteiger charge is -2.07. The van der Waals surface area contributed by atoms with Crippen LogP contribution in [-0.4, -0.2) is 27.7 Å². The number of amides is 1. The highest BCUT2D eigenvalue weighted by Gasteiger charge is 2.10. The first kappa shape index (κ1) is 14.4. The van der Waals surface area contributed by atoms with Gasteiger partial charge in [0.2, 0.25) is 0 Å². The summed E-state index contributed by atoms with van der Waals surface area (Å²) in [5, 5.41) is 20.6. The van der Waals surface area contributed by atoms with Crippen molar-refractivity contribution in [2.45, 2.75) is 0 Å². The molecule has 0 aliphatic carbocycles. The molecule has 6 heteroatoms. The van der Waals surface area contributed by atoms with Crippen molar-refractivity contribution in [1.29, 1.82) is 0 Å². The maximum atomic E-state index is 12.1. The number of H-pyrrole nitrogens is 1. The molecule has 0 bridgehead atoms. The molecule has 0 spiro atoms. The van der Waals surface area contributed by atoms with Crippen LogP contribution in [-0.2, 0) is 0 Å². The van der Waals surface area contributed by atoms with Crippen molar-refractivity contribution in [3.05, 3.63) is 57.9 Å². The Morgan fingerprint density at radius 1 is 1.29 bits per heavy atom. The third-order valence-electron chi connectivity index (χ3n) is 2.57. The number of benzene rings is 1. The van der Waals surface area contributed by atoms with Crippen LogP contribution in [0.3, 0.4) is 0 Å². The second-order valence-corrected chi connectivity index (χ2v) is 4.08. The minimum atomic E-state index is -0.575. The van der Waals surface area contributed by atoms with E-state index in [1.807, 2.05) is 0 Å². The number of aromatic hydroxyl groups is 1. The van der Waals surface area contributed by atoms with E-state index < -0.39 is 11.5 Å². The maximum absolute atomic E-state index is 12.1. The fourth-order valence-electron chi connectivity index (χ4n) is 1.69. The average molecular weight is 284 g/mol. The standard InChI is InChI=1S/C15H12N2O4/c18-7-3-5-10-4-1-2-6-12(10)16-15(21)11-8-13(19)17-14(20)9-11/h1-2,4,6,8-9,18H,7H2,(H,16,21)(H2,17,19,20). The number of hydrogen-bond donors (Lipinski definition) is 4. The van der Waals surface area contributed by atoms with E-state index in [2.05, 4.69) is 22.1 Å². The van der Waals surface area contributed by atoms with Gasteiger partial charge in [-0.05, 0) is 12.1 Å². The predicted molar refractivity (Wildman–Crippen MR) is 77.1 cm³/mol. The SMILES string of the molecule is O=C(Nc1ccccc1C#CCO)c1cc(O)[nH]c(=O)c1. The van der Waals surface area contributed by atoms with E-state index in [1.165, 1.54) is 0 Å². The molecule has 21 heavy (non-hydrogen) atoms. The number of pyridine rings is 1. The molecular formula is C15H12N2O4. The molecule has 0 radical (unpaired) electrons. The largest absolute Gasteiger partial charge is 0.494 e. The van der Waals surface area contributed by atoms with Gasteiger partial charge in [-0.25, -0.2) is 0 Å². The van der Waals surface area contributed by atoms with Crippen LogP contribution in [0.15, 0.2) is 41.2 Å². The summed E-state index contributed by atoms with van der Waals surface area (Å²) in [6.45, 7) is -0.287. The molecule has 6 nitrogen and oxygen atoms in total. The number of hydrogen-bond acceptors (Lipinski definition) is 4. The normalized spacial score (nSPS) is 9.57. The van der Waals surface area contributed by atoms with Gasteiger partial charge in [-0.2, -0.15) is 0 Å². The van der Waals surface area contributed by atoms with Crippen molar-refractivity contribution in [3.8, 4) is 17.7 Å². The highest BCUT2D eigenvalue weighted by atomic mass is 16.3. The molecular weight excluding hydrogens is 272 g/mol. The Morgan fingerprint density at radius 3 is 2.76 bits per heavy atom. The zero-order chi connectivity index (χ0) is 15.2. The summed E-state index contributed by atoms with van der Waals surface area (Å²) < 4.78 is 0. The van der Waals surface area contributed by atoms with E-state index >= 15 is 0 Å². The molecule has 0 atom stereocenters. The lowest BCUT2D eigenvalue weighted by molar-refractivity contribution is 0.102. The molecule has 106 valence electrons. The molecule has 1 amide bonds. The molecule has 0 saturated carbocycles. The fraction of sp³-hybridized carbons (Fsp3) is 0.0667. The molecule has 1 heterocycles.